The Morgan fingerprint density at radius 3 is 2.58 bits per heavy atom. The summed E-state index contributed by atoms with van der Waals surface area (Å²) in [6.07, 6.45) is 3.69. The van der Waals surface area contributed by atoms with Gasteiger partial charge in [-0.15, -0.1) is 0 Å². The van der Waals surface area contributed by atoms with Gasteiger partial charge >= 0.3 is 0 Å². The van der Waals surface area contributed by atoms with Gasteiger partial charge in [0.25, 0.3) is 5.91 Å². The maximum Gasteiger partial charge on any atom is 0.256 e. The van der Waals surface area contributed by atoms with E-state index in [2.05, 4.69) is 19.2 Å². The number of amides is 1. The summed E-state index contributed by atoms with van der Waals surface area (Å²) in [5.74, 6) is 1.33. The number of hydrogen-bond donors (Lipinski definition) is 1. The van der Waals surface area contributed by atoms with Crippen molar-refractivity contribution in [2.75, 3.05) is 18.5 Å². The largest absolute Gasteiger partial charge is 0.493 e. The van der Waals surface area contributed by atoms with E-state index >= 15 is 0 Å². The van der Waals surface area contributed by atoms with Crippen LogP contribution in [0.4, 0.5) is 5.69 Å². The van der Waals surface area contributed by atoms with Crippen LogP contribution in [0.3, 0.4) is 0 Å². The summed E-state index contributed by atoms with van der Waals surface area (Å²) in [4.78, 5) is 12.4. The molecule has 1 aliphatic heterocycles. The van der Waals surface area contributed by atoms with Gasteiger partial charge in [0.05, 0.1) is 18.9 Å². The fourth-order valence-electron chi connectivity index (χ4n) is 2.75. The monoisotopic (exact) mass is 371 g/mol. The normalized spacial score (nSPS) is 14.3. The lowest BCUT2D eigenvalue weighted by atomic mass is 10.0. The number of ether oxygens (including phenoxy) is 2. The fourth-order valence-corrected chi connectivity index (χ4v) is 2.92. The van der Waals surface area contributed by atoms with Crippen molar-refractivity contribution >= 4 is 34.8 Å². The molecule has 0 aliphatic carbocycles. The maximum atomic E-state index is 12.4. The molecule has 136 valence electrons. The van der Waals surface area contributed by atoms with Crippen molar-refractivity contribution in [2.45, 2.75) is 26.7 Å². The van der Waals surface area contributed by atoms with Crippen molar-refractivity contribution in [3.8, 4) is 11.5 Å². The van der Waals surface area contributed by atoms with Gasteiger partial charge in [0.15, 0.2) is 0 Å². The lowest BCUT2D eigenvalue weighted by Crippen LogP contribution is -2.04. The maximum absolute atomic E-state index is 12.4. The molecule has 2 aromatic rings. The Balaban J connectivity index is 1.98. The minimum Gasteiger partial charge on any atom is -0.493 e. The minimum atomic E-state index is -0.144. The third-order valence-corrected chi connectivity index (χ3v) is 4.22. The summed E-state index contributed by atoms with van der Waals surface area (Å²) in [7, 11) is 0. The Bertz CT molecular complexity index is 845. The Morgan fingerprint density at radius 1 is 1.04 bits per heavy atom. The first-order valence-corrected chi connectivity index (χ1v) is 9.22. The number of nitrogens with one attached hydrogen (secondary N) is 1. The summed E-state index contributed by atoms with van der Waals surface area (Å²) in [6, 6.07) is 11.1. The molecule has 1 aliphatic rings. The molecule has 1 heterocycles. The van der Waals surface area contributed by atoms with Crippen molar-refractivity contribution in [3.63, 3.8) is 0 Å². The average Bonchev–Trinajstić information content (AvgIpc) is 2.94. The van der Waals surface area contributed by atoms with Gasteiger partial charge in [-0.2, -0.15) is 0 Å². The number of anilines is 1. The molecule has 3 rings (SSSR count). The molecule has 5 heteroatoms. The van der Waals surface area contributed by atoms with Crippen LogP contribution in [-0.2, 0) is 4.79 Å². The molecule has 0 bridgehead atoms. The molecule has 0 radical (unpaired) electrons. The second-order valence-corrected chi connectivity index (χ2v) is 6.54. The highest BCUT2D eigenvalue weighted by molar-refractivity contribution is 6.36. The summed E-state index contributed by atoms with van der Waals surface area (Å²) >= 11 is 6.02. The molecule has 1 N–H and O–H groups in total. The molecule has 1 amide bonds. The van der Waals surface area contributed by atoms with E-state index in [0.717, 1.165) is 35.4 Å². The number of benzene rings is 2. The highest BCUT2D eigenvalue weighted by atomic mass is 35.5. The molecule has 0 aromatic heterocycles. The van der Waals surface area contributed by atoms with Crippen molar-refractivity contribution in [2.24, 2.45) is 0 Å². The van der Waals surface area contributed by atoms with Crippen molar-refractivity contribution in [3.05, 3.63) is 52.5 Å². The van der Waals surface area contributed by atoms with E-state index in [0.29, 0.717) is 29.6 Å². The summed E-state index contributed by atoms with van der Waals surface area (Å²) in [6.45, 7) is 5.38. The SMILES string of the molecule is CCCOc1ccc(/C=C2/C(=O)Nc3cc(Cl)ccc32)c(OCCC)c1. The van der Waals surface area contributed by atoms with E-state index in [1.165, 1.54) is 0 Å². The number of rotatable bonds is 7. The van der Waals surface area contributed by atoms with Crippen LogP contribution >= 0.6 is 11.6 Å². The second kappa shape index (κ2) is 8.28. The van der Waals surface area contributed by atoms with Gasteiger partial charge in [-0.25, -0.2) is 0 Å². The van der Waals surface area contributed by atoms with Gasteiger partial charge in [-0.1, -0.05) is 31.5 Å². The van der Waals surface area contributed by atoms with E-state index in [-0.39, 0.29) is 5.91 Å². The third-order valence-electron chi connectivity index (χ3n) is 3.98. The van der Waals surface area contributed by atoms with Crippen molar-refractivity contribution in [1.82, 2.24) is 0 Å². The highest BCUT2D eigenvalue weighted by Crippen LogP contribution is 2.36. The van der Waals surface area contributed by atoms with Gasteiger partial charge in [0.2, 0.25) is 0 Å². The molecular weight excluding hydrogens is 350 g/mol. The number of fused-ring (bicyclic) bond motifs is 1. The molecule has 0 fully saturated rings. The number of halogens is 1. The Kier molecular flexibility index (Phi) is 5.84. The average molecular weight is 372 g/mol. The van der Waals surface area contributed by atoms with Crippen LogP contribution in [0, 0.1) is 0 Å². The predicted octanol–water partition coefficient (Wildman–Crippen LogP) is 5.41. The number of carbonyl (C=O) groups excluding carboxylic acids is 1. The zero-order chi connectivity index (χ0) is 18.5. The third kappa shape index (κ3) is 4.02. The Hall–Kier alpha value is -2.46. The first-order valence-electron chi connectivity index (χ1n) is 8.85. The topological polar surface area (TPSA) is 47.6 Å². The van der Waals surface area contributed by atoms with Crippen LogP contribution in [0.25, 0.3) is 11.6 Å². The molecule has 26 heavy (non-hydrogen) atoms. The first kappa shape index (κ1) is 18.3. The van der Waals surface area contributed by atoms with Gasteiger partial charge in [-0.3, -0.25) is 4.79 Å². The smallest absolute Gasteiger partial charge is 0.256 e. The molecule has 2 aromatic carbocycles. The van der Waals surface area contributed by atoms with E-state index < -0.39 is 0 Å². The second-order valence-electron chi connectivity index (χ2n) is 6.10. The van der Waals surface area contributed by atoms with Gasteiger partial charge in [0.1, 0.15) is 11.5 Å². The van der Waals surface area contributed by atoms with Crippen LogP contribution in [-0.4, -0.2) is 19.1 Å². The van der Waals surface area contributed by atoms with Crippen LogP contribution in [0.5, 0.6) is 11.5 Å². The van der Waals surface area contributed by atoms with E-state index in [1.807, 2.05) is 30.3 Å². The molecule has 0 unspecified atom stereocenters. The number of hydrogen-bond acceptors (Lipinski definition) is 3. The minimum absolute atomic E-state index is 0.144. The predicted molar refractivity (Wildman–Crippen MR) is 106 cm³/mol. The fraction of sp³-hybridized carbons (Fsp3) is 0.286. The first-order chi connectivity index (χ1) is 12.6. The zero-order valence-electron chi connectivity index (χ0n) is 15.0. The van der Waals surface area contributed by atoms with Crippen molar-refractivity contribution < 1.29 is 14.3 Å². The number of carbonyl (C=O) groups is 1. The van der Waals surface area contributed by atoms with Crippen molar-refractivity contribution in [1.29, 1.82) is 0 Å². The summed E-state index contributed by atoms with van der Waals surface area (Å²) in [5, 5.41) is 3.45. The van der Waals surface area contributed by atoms with Crippen LogP contribution < -0.4 is 14.8 Å². The van der Waals surface area contributed by atoms with Gasteiger partial charge < -0.3 is 14.8 Å². The Morgan fingerprint density at radius 2 is 1.81 bits per heavy atom. The lowest BCUT2D eigenvalue weighted by molar-refractivity contribution is -0.110. The molecule has 0 saturated carbocycles. The van der Waals surface area contributed by atoms with Crippen LogP contribution in [0.1, 0.15) is 37.8 Å². The van der Waals surface area contributed by atoms with E-state index in [9.17, 15) is 4.79 Å². The molecule has 0 spiro atoms. The quantitative estimate of drug-likeness (QED) is 0.662. The van der Waals surface area contributed by atoms with E-state index in [4.69, 9.17) is 21.1 Å². The van der Waals surface area contributed by atoms with Gasteiger partial charge in [-0.05, 0) is 43.2 Å². The lowest BCUT2D eigenvalue weighted by Gasteiger charge is -2.12. The standard InChI is InChI=1S/C21H22ClNO3/c1-3-9-25-16-7-5-14(20(13-16)26-10-4-2)11-18-17-8-6-15(22)12-19(17)23-21(18)24/h5-8,11-13H,3-4,9-10H2,1-2H3,(H,23,24)/b18-11+. The molecule has 0 atom stereocenters. The summed E-state index contributed by atoms with van der Waals surface area (Å²) < 4.78 is 11.6. The van der Waals surface area contributed by atoms with Crippen LogP contribution in [0.2, 0.25) is 5.02 Å². The van der Waals surface area contributed by atoms with Crippen LogP contribution in [0.15, 0.2) is 36.4 Å². The van der Waals surface area contributed by atoms with Gasteiger partial charge in [0, 0.05) is 27.8 Å². The van der Waals surface area contributed by atoms with E-state index in [1.54, 1.807) is 12.1 Å². The molecule has 0 saturated heterocycles. The zero-order valence-corrected chi connectivity index (χ0v) is 15.7. The molecule has 4 nitrogen and oxygen atoms in total. The summed E-state index contributed by atoms with van der Waals surface area (Å²) in [5.41, 5.74) is 3.01. The Labute approximate surface area is 158 Å². The highest BCUT2D eigenvalue weighted by Gasteiger charge is 2.24. The molecular formula is C21H22ClNO3.